The van der Waals surface area contributed by atoms with Gasteiger partial charge in [-0.15, -0.1) is 0 Å². The summed E-state index contributed by atoms with van der Waals surface area (Å²) in [5.41, 5.74) is 2.04. The molecule has 0 radical (unpaired) electrons. The molecule has 0 saturated heterocycles. The quantitative estimate of drug-likeness (QED) is 0.820. The lowest BCUT2D eigenvalue weighted by molar-refractivity contribution is -0.150. The molecule has 0 aromatic heterocycles. The van der Waals surface area contributed by atoms with Gasteiger partial charge in [-0.3, -0.25) is 4.90 Å². The maximum atomic E-state index is 12.6. The van der Waals surface area contributed by atoms with E-state index in [0.717, 1.165) is 17.7 Å². The molecule has 21 heavy (non-hydrogen) atoms. The van der Waals surface area contributed by atoms with Crippen molar-refractivity contribution in [3.63, 3.8) is 0 Å². The van der Waals surface area contributed by atoms with Crippen LogP contribution in [-0.2, 0) is 13.1 Å². The zero-order chi connectivity index (χ0) is 16.0. The SMILES string of the molecule is CC(C)NCc1ccc(CN(CC(F)(F)F)C(C)C)cc1. The van der Waals surface area contributed by atoms with Crippen molar-refractivity contribution in [1.29, 1.82) is 0 Å². The number of alkyl halides is 3. The normalized spacial score (nSPS) is 12.7. The lowest BCUT2D eigenvalue weighted by atomic mass is 10.1. The largest absolute Gasteiger partial charge is 0.401 e. The molecule has 0 heterocycles. The number of hydrogen-bond donors (Lipinski definition) is 1. The number of hydrogen-bond acceptors (Lipinski definition) is 2. The molecule has 120 valence electrons. The van der Waals surface area contributed by atoms with Gasteiger partial charge in [0.15, 0.2) is 0 Å². The van der Waals surface area contributed by atoms with Crippen molar-refractivity contribution in [3.05, 3.63) is 35.4 Å². The number of rotatable bonds is 7. The van der Waals surface area contributed by atoms with Gasteiger partial charge < -0.3 is 5.32 Å². The number of halogens is 3. The lowest BCUT2D eigenvalue weighted by Crippen LogP contribution is -2.38. The first-order valence-corrected chi connectivity index (χ1v) is 7.29. The monoisotopic (exact) mass is 302 g/mol. The predicted molar refractivity (Wildman–Crippen MR) is 80.0 cm³/mol. The molecule has 0 unspecified atom stereocenters. The van der Waals surface area contributed by atoms with Crippen LogP contribution in [0, 0.1) is 0 Å². The van der Waals surface area contributed by atoms with Gasteiger partial charge in [-0.25, -0.2) is 0 Å². The highest BCUT2D eigenvalue weighted by atomic mass is 19.4. The Kier molecular flexibility index (Phi) is 6.68. The highest BCUT2D eigenvalue weighted by molar-refractivity contribution is 5.22. The van der Waals surface area contributed by atoms with Gasteiger partial charge in [0.25, 0.3) is 0 Å². The van der Waals surface area contributed by atoms with Crippen molar-refractivity contribution in [1.82, 2.24) is 10.2 Å². The average Bonchev–Trinajstić information content (AvgIpc) is 2.35. The summed E-state index contributed by atoms with van der Waals surface area (Å²) in [7, 11) is 0. The number of nitrogens with zero attached hydrogens (tertiary/aromatic N) is 1. The van der Waals surface area contributed by atoms with Crippen molar-refractivity contribution < 1.29 is 13.2 Å². The van der Waals surface area contributed by atoms with Gasteiger partial charge >= 0.3 is 6.18 Å². The van der Waals surface area contributed by atoms with Crippen molar-refractivity contribution in [2.45, 2.75) is 59.0 Å². The first-order valence-electron chi connectivity index (χ1n) is 7.29. The van der Waals surface area contributed by atoms with Crippen molar-refractivity contribution in [2.75, 3.05) is 6.54 Å². The molecule has 0 aliphatic carbocycles. The fraction of sp³-hybridized carbons (Fsp3) is 0.625. The summed E-state index contributed by atoms with van der Waals surface area (Å²) in [4.78, 5) is 1.43. The highest BCUT2D eigenvalue weighted by Gasteiger charge is 2.31. The van der Waals surface area contributed by atoms with Crippen LogP contribution < -0.4 is 5.32 Å². The molecule has 0 saturated carbocycles. The third-order valence-corrected chi connectivity index (χ3v) is 3.24. The Balaban J connectivity index is 2.63. The van der Waals surface area contributed by atoms with Gasteiger partial charge in [0.1, 0.15) is 0 Å². The summed E-state index contributed by atoms with van der Waals surface area (Å²) in [5, 5.41) is 3.31. The molecular weight excluding hydrogens is 277 g/mol. The Labute approximate surface area is 125 Å². The fourth-order valence-electron chi connectivity index (χ4n) is 1.97. The maximum Gasteiger partial charge on any atom is 0.401 e. The molecule has 0 aliphatic heterocycles. The van der Waals surface area contributed by atoms with Crippen LogP contribution in [0.1, 0.15) is 38.8 Å². The molecular formula is C16H25F3N2. The summed E-state index contributed by atoms with van der Waals surface area (Å²) in [6.07, 6.45) is -4.16. The standard InChI is InChI=1S/C16H25F3N2/c1-12(2)20-9-14-5-7-15(8-6-14)10-21(13(3)4)11-16(17,18)19/h5-8,12-13,20H,9-11H2,1-4H3. The van der Waals surface area contributed by atoms with Gasteiger partial charge in [-0.05, 0) is 25.0 Å². The Morgan fingerprint density at radius 1 is 1.00 bits per heavy atom. The maximum absolute atomic E-state index is 12.6. The van der Waals surface area contributed by atoms with Crippen LogP contribution in [0.25, 0.3) is 0 Å². The molecule has 1 N–H and O–H groups in total. The van der Waals surface area contributed by atoms with Gasteiger partial charge in [-0.2, -0.15) is 13.2 Å². The van der Waals surface area contributed by atoms with Crippen molar-refractivity contribution >= 4 is 0 Å². The molecule has 1 aromatic rings. The highest BCUT2D eigenvalue weighted by Crippen LogP contribution is 2.20. The van der Waals surface area contributed by atoms with E-state index in [1.807, 2.05) is 24.3 Å². The van der Waals surface area contributed by atoms with E-state index >= 15 is 0 Å². The fourth-order valence-corrected chi connectivity index (χ4v) is 1.97. The van der Waals surface area contributed by atoms with E-state index in [1.165, 1.54) is 4.90 Å². The second kappa shape index (κ2) is 7.80. The van der Waals surface area contributed by atoms with Crippen LogP contribution in [-0.4, -0.2) is 29.7 Å². The summed E-state index contributed by atoms with van der Waals surface area (Å²) in [5.74, 6) is 0. The van der Waals surface area contributed by atoms with Gasteiger partial charge in [0.2, 0.25) is 0 Å². The lowest BCUT2D eigenvalue weighted by Gasteiger charge is -2.27. The number of benzene rings is 1. The molecule has 0 bridgehead atoms. The molecule has 0 fully saturated rings. The van der Waals surface area contributed by atoms with E-state index in [0.29, 0.717) is 12.6 Å². The molecule has 0 amide bonds. The molecule has 5 heteroatoms. The molecule has 0 spiro atoms. The zero-order valence-corrected chi connectivity index (χ0v) is 13.2. The van der Waals surface area contributed by atoms with E-state index in [9.17, 15) is 13.2 Å². The van der Waals surface area contributed by atoms with Gasteiger partial charge in [-0.1, -0.05) is 38.1 Å². The van der Waals surface area contributed by atoms with Crippen LogP contribution in [0.2, 0.25) is 0 Å². The Bertz CT molecular complexity index is 411. The summed E-state index contributed by atoms with van der Waals surface area (Å²) < 4.78 is 37.7. The molecule has 1 aromatic carbocycles. The zero-order valence-electron chi connectivity index (χ0n) is 13.2. The topological polar surface area (TPSA) is 15.3 Å². The minimum Gasteiger partial charge on any atom is -0.310 e. The van der Waals surface area contributed by atoms with E-state index in [4.69, 9.17) is 0 Å². The van der Waals surface area contributed by atoms with Crippen LogP contribution in [0.15, 0.2) is 24.3 Å². The van der Waals surface area contributed by atoms with Gasteiger partial charge in [0.05, 0.1) is 6.54 Å². The van der Waals surface area contributed by atoms with Crippen molar-refractivity contribution in [3.8, 4) is 0 Å². The smallest absolute Gasteiger partial charge is 0.310 e. The Morgan fingerprint density at radius 3 is 1.95 bits per heavy atom. The van der Waals surface area contributed by atoms with Crippen LogP contribution in [0.5, 0.6) is 0 Å². The summed E-state index contributed by atoms with van der Waals surface area (Å²) in [6, 6.07) is 8.02. The first kappa shape index (κ1) is 18.0. The minimum absolute atomic E-state index is 0.145. The predicted octanol–water partition coefficient (Wildman–Crippen LogP) is 3.96. The van der Waals surface area contributed by atoms with E-state index in [1.54, 1.807) is 13.8 Å². The molecule has 1 rings (SSSR count). The molecule has 2 nitrogen and oxygen atoms in total. The second-order valence-electron chi connectivity index (χ2n) is 5.97. The number of nitrogens with one attached hydrogen (secondary N) is 1. The average molecular weight is 302 g/mol. The van der Waals surface area contributed by atoms with E-state index < -0.39 is 12.7 Å². The summed E-state index contributed by atoms with van der Waals surface area (Å²) in [6.45, 7) is 7.93. The van der Waals surface area contributed by atoms with E-state index in [-0.39, 0.29) is 6.04 Å². The Morgan fingerprint density at radius 2 is 1.52 bits per heavy atom. The third kappa shape index (κ3) is 7.48. The third-order valence-electron chi connectivity index (χ3n) is 3.24. The van der Waals surface area contributed by atoms with E-state index in [2.05, 4.69) is 19.2 Å². The van der Waals surface area contributed by atoms with Crippen LogP contribution >= 0.6 is 0 Å². The van der Waals surface area contributed by atoms with Gasteiger partial charge in [0, 0.05) is 25.2 Å². The Hall–Kier alpha value is -1.07. The van der Waals surface area contributed by atoms with Crippen LogP contribution in [0.3, 0.4) is 0 Å². The summed E-state index contributed by atoms with van der Waals surface area (Å²) >= 11 is 0. The second-order valence-corrected chi connectivity index (χ2v) is 5.97. The first-order chi connectivity index (χ1) is 9.67. The molecule has 0 atom stereocenters. The molecule has 0 aliphatic rings. The minimum atomic E-state index is -4.16. The van der Waals surface area contributed by atoms with Crippen molar-refractivity contribution in [2.24, 2.45) is 0 Å². The van der Waals surface area contributed by atoms with Crippen LogP contribution in [0.4, 0.5) is 13.2 Å².